The highest BCUT2D eigenvalue weighted by Gasteiger charge is 2.54. The number of amides is 1. The highest BCUT2D eigenvalue weighted by atomic mass is 32.2. The van der Waals surface area contributed by atoms with E-state index in [-0.39, 0.29) is 43.6 Å². The maximum absolute atomic E-state index is 12.4. The molecule has 2 aliphatic rings. The number of carbonyl (C=O) groups is 1. The summed E-state index contributed by atoms with van der Waals surface area (Å²) in [5.41, 5.74) is 1.92. The molecule has 1 aromatic rings. The van der Waals surface area contributed by atoms with Crippen molar-refractivity contribution in [2.24, 2.45) is 5.92 Å². The van der Waals surface area contributed by atoms with Gasteiger partial charge in [0.1, 0.15) is 0 Å². The number of aliphatic hydroxyl groups is 1. The van der Waals surface area contributed by atoms with E-state index in [2.05, 4.69) is 25.7 Å². The van der Waals surface area contributed by atoms with Gasteiger partial charge in [-0.3, -0.25) is 4.79 Å². The normalized spacial score (nSPS) is 25.6. The SMILES string of the molecule is CC(C)CC#Cc1ccc([C@H]2[C@@H](CO)N3C(=O)CN(S(C)(=O)=O)C[C@@H]23)cc1. The van der Waals surface area contributed by atoms with Gasteiger partial charge in [-0.2, -0.15) is 4.31 Å². The van der Waals surface area contributed by atoms with Crippen LogP contribution < -0.4 is 0 Å². The van der Waals surface area contributed by atoms with E-state index in [4.69, 9.17) is 0 Å². The summed E-state index contributed by atoms with van der Waals surface area (Å²) in [5, 5.41) is 9.77. The summed E-state index contributed by atoms with van der Waals surface area (Å²) >= 11 is 0. The third-order valence-corrected chi connectivity index (χ3v) is 6.44. The number of sulfonamides is 1. The van der Waals surface area contributed by atoms with Crippen LogP contribution in [-0.4, -0.2) is 66.7 Å². The van der Waals surface area contributed by atoms with E-state index in [1.54, 1.807) is 4.90 Å². The lowest BCUT2D eigenvalue weighted by atomic mass is 9.74. The Kier molecular flexibility index (Phi) is 5.61. The second kappa shape index (κ2) is 7.63. The van der Waals surface area contributed by atoms with Crippen molar-refractivity contribution in [3.63, 3.8) is 0 Å². The van der Waals surface area contributed by atoms with Crippen LogP contribution in [0.4, 0.5) is 0 Å². The Morgan fingerprint density at radius 2 is 1.93 bits per heavy atom. The minimum absolute atomic E-state index is 0.0822. The first-order valence-corrected chi connectivity index (χ1v) is 11.0. The second-order valence-electron chi connectivity index (χ2n) is 7.72. The predicted molar refractivity (Wildman–Crippen MR) is 103 cm³/mol. The first kappa shape index (κ1) is 19.9. The number of piperazine rings is 1. The van der Waals surface area contributed by atoms with Gasteiger partial charge in [0.15, 0.2) is 0 Å². The lowest BCUT2D eigenvalue weighted by Crippen LogP contribution is -2.73. The molecule has 1 amide bonds. The number of aliphatic hydroxyl groups excluding tert-OH is 1. The van der Waals surface area contributed by atoms with Crippen LogP contribution in [0.2, 0.25) is 0 Å². The molecule has 6 nitrogen and oxygen atoms in total. The van der Waals surface area contributed by atoms with Gasteiger partial charge in [0.25, 0.3) is 0 Å². The molecule has 0 saturated carbocycles. The van der Waals surface area contributed by atoms with Crippen LogP contribution in [0.15, 0.2) is 24.3 Å². The van der Waals surface area contributed by atoms with Crippen molar-refractivity contribution in [1.29, 1.82) is 0 Å². The lowest BCUT2D eigenvalue weighted by molar-refractivity contribution is -0.158. The summed E-state index contributed by atoms with van der Waals surface area (Å²) in [7, 11) is -3.43. The third kappa shape index (κ3) is 4.03. The Labute approximate surface area is 161 Å². The van der Waals surface area contributed by atoms with Gasteiger partial charge in [-0.15, -0.1) is 0 Å². The quantitative estimate of drug-likeness (QED) is 0.779. The smallest absolute Gasteiger partial charge is 0.238 e. The molecule has 7 heteroatoms. The molecule has 0 radical (unpaired) electrons. The molecule has 0 spiro atoms. The van der Waals surface area contributed by atoms with Crippen LogP contribution in [0.1, 0.15) is 37.3 Å². The third-order valence-electron chi connectivity index (χ3n) is 5.23. The molecule has 2 heterocycles. The van der Waals surface area contributed by atoms with E-state index in [1.807, 2.05) is 24.3 Å². The number of carbonyl (C=O) groups excluding carboxylic acids is 1. The van der Waals surface area contributed by atoms with Crippen molar-refractivity contribution in [3.05, 3.63) is 35.4 Å². The summed E-state index contributed by atoms with van der Waals surface area (Å²) < 4.78 is 25.0. The summed E-state index contributed by atoms with van der Waals surface area (Å²) in [6.07, 6.45) is 1.97. The molecule has 1 aromatic carbocycles. The zero-order valence-corrected chi connectivity index (χ0v) is 16.7. The molecule has 2 fully saturated rings. The first-order valence-electron chi connectivity index (χ1n) is 9.18. The molecule has 27 heavy (non-hydrogen) atoms. The Bertz CT molecular complexity index is 867. The molecule has 146 valence electrons. The van der Waals surface area contributed by atoms with Crippen molar-refractivity contribution < 1.29 is 18.3 Å². The van der Waals surface area contributed by atoms with Crippen LogP contribution in [0.25, 0.3) is 0 Å². The van der Waals surface area contributed by atoms with Gasteiger partial charge in [0.05, 0.1) is 31.5 Å². The Morgan fingerprint density at radius 3 is 2.48 bits per heavy atom. The molecule has 0 aromatic heterocycles. The first-order chi connectivity index (χ1) is 12.7. The average molecular weight is 391 g/mol. The number of hydrogen-bond acceptors (Lipinski definition) is 4. The summed E-state index contributed by atoms with van der Waals surface area (Å²) in [4.78, 5) is 14.0. The molecule has 0 aliphatic carbocycles. The van der Waals surface area contributed by atoms with Crippen LogP contribution in [0.3, 0.4) is 0 Å². The summed E-state index contributed by atoms with van der Waals surface area (Å²) in [5.74, 6) is 6.50. The minimum atomic E-state index is -3.43. The van der Waals surface area contributed by atoms with Gasteiger partial charge in [-0.1, -0.05) is 37.8 Å². The zero-order valence-electron chi connectivity index (χ0n) is 15.9. The fraction of sp³-hybridized carbons (Fsp3) is 0.550. The average Bonchev–Trinajstić information content (AvgIpc) is 2.56. The van der Waals surface area contributed by atoms with Crippen LogP contribution in [0, 0.1) is 17.8 Å². The highest BCUT2D eigenvalue weighted by molar-refractivity contribution is 7.88. The van der Waals surface area contributed by atoms with Gasteiger partial charge in [-0.25, -0.2) is 8.42 Å². The molecule has 1 N–H and O–H groups in total. The fourth-order valence-corrected chi connectivity index (χ4v) is 4.64. The van der Waals surface area contributed by atoms with E-state index < -0.39 is 10.0 Å². The number of nitrogens with zero attached hydrogens (tertiary/aromatic N) is 2. The molecule has 3 rings (SSSR count). The predicted octanol–water partition coefficient (Wildman–Crippen LogP) is 1.01. The van der Waals surface area contributed by atoms with Crippen LogP contribution in [0.5, 0.6) is 0 Å². The topological polar surface area (TPSA) is 77.9 Å². The molecule has 0 bridgehead atoms. The summed E-state index contributed by atoms with van der Waals surface area (Å²) in [6, 6.07) is 7.28. The maximum Gasteiger partial charge on any atom is 0.238 e. The Balaban J connectivity index is 1.80. The standard InChI is InChI=1S/C20H26N2O4S/c1-14(2)5-4-6-15-7-9-16(10-8-15)20-17-11-21(27(3,25)26)12-19(24)22(17)18(20)13-23/h7-10,14,17-18,20,23H,5,11-13H2,1-3H3/t17-,18+,20+/m0/s1. The molecule has 2 aliphatic heterocycles. The van der Waals surface area contributed by atoms with Crippen molar-refractivity contribution in [3.8, 4) is 11.8 Å². The number of hydrogen-bond donors (Lipinski definition) is 1. The van der Waals surface area contributed by atoms with E-state index in [0.717, 1.165) is 23.8 Å². The van der Waals surface area contributed by atoms with Gasteiger partial charge in [0, 0.05) is 24.4 Å². The molecule has 0 unspecified atom stereocenters. The Morgan fingerprint density at radius 1 is 1.26 bits per heavy atom. The van der Waals surface area contributed by atoms with Crippen molar-refractivity contribution >= 4 is 15.9 Å². The van der Waals surface area contributed by atoms with E-state index >= 15 is 0 Å². The van der Waals surface area contributed by atoms with Crippen LogP contribution in [-0.2, 0) is 14.8 Å². The summed E-state index contributed by atoms with van der Waals surface area (Å²) in [6.45, 7) is 4.23. The van der Waals surface area contributed by atoms with E-state index in [9.17, 15) is 18.3 Å². The van der Waals surface area contributed by atoms with Crippen LogP contribution >= 0.6 is 0 Å². The largest absolute Gasteiger partial charge is 0.394 e. The zero-order chi connectivity index (χ0) is 19.8. The molecule has 3 atom stereocenters. The van der Waals surface area contributed by atoms with E-state index in [1.165, 1.54) is 4.31 Å². The molecular formula is C20H26N2O4S. The lowest BCUT2D eigenvalue weighted by Gasteiger charge is -2.58. The second-order valence-corrected chi connectivity index (χ2v) is 9.70. The van der Waals surface area contributed by atoms with E-state index in [0.29, 0.717) is 5.92 Å². The van der Waals surface area contributed by atoms with Gasteiger partial charge < -0.3 is 10.0 Å². The number of fused-ring (bicyclic) bond motifs is 1. The van der Waals surface area contributed by atoms with Crippen molar-refractivity contribution in [2.45, 2.75) is 38.3 Å². The van der Waals surface area contributed by atoms with Gasteiger partial charge >= 0.3 is 0 Å². The monoisotopic (exact) mass is 390 g/mol. The van der Waals surface area contributed by atoms with Gasteiger partial charge in [-0.05, 0) is 23.6 Å². The minimum Gasteiger partial charge on any atom is -0.394 e. The number of rotatable bonds is 4. The van der Waals surface area contributed by atoms with Gasteiger partial charge in [0.2, 0.25) is 15.9 Å². The molecule has 2 saturated heterocycles. The van der Waals surface area contributed by atoms with Crippen molar-refractivity contribution in [2.75, 3.05) is 26.0 Å². The Hall–Kier alpha value is -1.88. The fourth-order valence-electron chi connectivity index (χ4n) is 3.87. The molecular weight excluding hydrogens is 364 g/mol. The van der Waals surface area contributed by atoms with Crippen molar-refractivity contribution in [1.82, 2.24) is 9.21 Å². The maximum atomic E-state index is 12.4. The highest BCUT2D eigenvalue weighted by Crippen LogP contribution is 2.43. The number of benzene rings is 1.